The van der Waals surface area contributed by atoms with Crippen LogP contribution in [0.15, 0.2) is 30.6 Å². The van der Waals surface area contributed by atoms with Crippen LogP contribution in [0.1, 0.15) is 0 Å². The summed E-state index contributed by atoms with van der Waals surface area (Å²) < 4.78 is 10.3. The zero-order valence-electron chi connectivity index (χ0n) is 9.94. The summed E-state index contributed by atoms with van der Waals surface area (Å²) in [5.41, 5.74) is 4.97. The van der Waals surface area contributed by atoms with Gasteiger partial charge in [0, 0.05) is 0 Å². The molecular formula is C11H10N4O4. The van der Waals surface area contributed by atoms with Gasteiger partial charge in [0.2, 0.25) is 5.82 Å². The van der Waals surface area contributed by atoms with Gasteiger partial charge >= 0.3 is 11.6 Å². The Morgan fingerprint density at radius 2 is 1.84 bits per heavy atom. The number of benzene rings is 1. The van der Waals surface area contributed by atoms with Crippen LogP contribution in [0.3, 0.4) is 0 Å². The van der Waals surface area contributed by atoms with E-state index >= 15 is 0 Å². The maximum atomic E-state index is 10.9. The number of nitrogens with two attached hydrogens (primary N) is 1. The second kappa shape index (κ2) is 5.17. The van der Waals surface area contributed by atoms with Crippen LogP contribution in [0.5, 0.6) is 17.4 Å². The predicted molar refractivity (Wildman–Crippen MR) is 66.2 cm³/mol. The fourth-order valence-corrected chi connectivity index (χ4v) is 1.38. The van der Waals surface area contributed by atoms with Crippen molar-refractivity contribution < 1.29 is 14.4 Å². The van der Waals surface area contributed by atoms with Gasteiger partial charge in [-0.15, -0.1) is 0 Å². The van der Waals surface area contributed by atoms with Gasteiger partial charge in [-0.05, 0) is 24.3 Å². The molecule has 0 atom stereocenters. The summed E-state index contributed by atoms with van der Waals surface area (Å²) in [6.07, 6.45) is 1.10. The van der Waals surface area contributed by atoms with Gasteiger partial charge in [0.15, 0.2) is 0 Å². The van der Waals surface area contributed by atoms with Gasteiger partial charge in [-0.1, -0.05) is 0 Å². The lowest BCUT2D eigenvalue weighted by atomic mass is 10.3. The smallest absolute Gasteiger partial charge is 0.372 e. The molecule has 0 fully saturated rings. The molecule has 0 saturated carbocycles. The molecule has 0 aliphatic rings. The second-order valence-electron chi connectivity index (χ2n) is 3.45. The number of ether oxygens (including phenoxy) is 2. The Bertz CT molecular complexity index is 600. The number of hydrogen-bond donors (Lipinski definition) is 1. The third kappa shape index (κ3) is 2.68. The molecule has 19 heavy (non-hydrogen) atoms. The second-order valence-corrected chi connectivity index (χ2v) is 3.45. The minimum absolute atomic E-state index is 0.206. The molecule has 8 heteroatoms. The Morgan fingerprint density at radius 3 is 2.42 bits per heavy atom. The SMILES string of the molecule is COc1ccc(Oc2ncnc(N)c2[N+](=O)[O-])cc1. The molecule has 1 aromatic heterocycles. The minimum Gasteiger partial charge on any atom is -0.497 e. The molecule has 0 bridgehead atoms. The lowest BCUT2D eigenvalue weighted by Crippen LogP contribution is -2.02. The van der Waals surface area contributed by atoms with Gasteiger partial charge in [-0.25, -0.2) is 4.98 Å². The van der Waals surface area contributed by atoms with Crippen molar-refractivity contribution in [3.8, 4) is 17.4 Å². The summed E-state index contributed by atoms with van der Waals surface area (Å²) in [5.74, 6) is 0.567. The fraction of sp³-hybridized carbons (Fsp3) is 0.0909. The molecule has 0 saturated heterocycles. The highest BCUT2D eigenvalue weighted by molar-refractivity contribution is 5.58. The number of nitrogens with zero attached hydrogens (tertiary/aromatic N) is 3. The van der Waals surface area contributed by atoms with E-state index in [9.17, 15) is 10.1 Å². The number of hydrogen-bond acceptors (Lipinski definition) is 7. The van der Waals surface area contributed by atoms with Crippen molar-refractivity contribution in [3.05, 3.63) is 40.7 Å². The van der Waals surface area contributed by atoms with Gasteiger partial charge in [0.25, 0.3) is 0 Å². The standard InChI is InChI=1S/C11H10N4O4/c1-18-7-2-4-8(5-3-7)19-11-9(15(16)17)10(12)13-6-14-11/h2-6H,1H3,(H2,12,13,14). The number of anilines is 1. The van der Waals surface area contributed by atoms with Gasteiger partial charge in [0.05, 0.1) is 12.0 Å². The van der Waals surface area contributed by atoms with Gasteiger partial charge in [-0.3, -0.25) is 10.1 Å². The van der Waals surface area contributed by atoms with Crippen molar-refractivity contribution in [2.75, 3.05) is 12.8 Å². The normalized spacial score (nSPS) is 9.95. The first kappa shape index (κ1) is 12.6. The molecule has 8 nitrogen and oxygen atoms in total. The average molecular weight is 262 g/mol. The Kier molecular flexibility index (Phi) is 3.42. The third-order valence-electron chi connectivity index (χ3n) is 2.27. The molecule has 2 N–H and O–H groups in total. The molecule has 0 aliphatic carbocycles. The first-order valence-electron chi connectivity index (χ1n) is 5.18. The zero-order valence-corrected chi connectivity index (χ0v) is 9.94. The lowest BCUT2D eigenvalue weighted by molar-refractivity contribution is -0.385. The Labute approximate surface area is 108 Å². The maximum Gasteiger partial charge on any atom is 0.372 e. The highest BCUT2D eigenvalue weighted by atomic mass is 16.6. The number of aromatic nitrogens is 2. The monoisotopic (exact) mass is 262 g/mol. The van der Waals surface area contributed by atoms with Crippen LogP contribution in [-0.4, -0.2) is 22.0 Å². The van der Waals surface area contributed by atoms with E-state index in [1.165, 1.54) is 7.11 Å². The summed E-state index contributed by atoms with van der Waals surface area (Å²) in [5, 5.41) is 10.9. The molecule has 2 aromatic rings. The minimum atomic E-state index is -0.686. The quantitative estimate of drug-likeness (QED) is 0.659. The van der Waals surface area contributed by atoms with Crippen molar-refractivity contribution in [1.82, 2.24) is 9.97 Å². The molecule has 1 aromatic carbocycles. The van der Waals surface area contributed by atoms with Crippen LogP contribution < -0.4 is 15.2 Å². The van der Waals surface area contributed by atoms with Crippen LogP contribution in [0.2, 0.25) is 0 Å². The van der Waals surface area contributed by atoms with E-state index in [0.717, 1.165) is 6.33 Å². The van der Waals surface area contributed by atoms with Crippen LogP contribution in [0.25, 0.3) is 0 Å². The van der Waals surface area contributed by atoms with Gasteiger partial charge in [-0.2, -0.15) is 4.98 Å². The molecule has 1 heterocycles. The predicted octanol–water partition coefficient (Wildman–Crippen LogP) is 1.77. The van der Waals surface area contributed by atoms with Gasteiger partial charge in [0.1, 0.15) is 17.8 Å². The first-order valence-corrected chi connectivity index (χ1v) is 5.18. The van der Waals surface area contributed by atoms with E-state index in [-0.39, 0.29) is 11.7 Å². The zero-order chi connectivity index (χ0) is 13.8. The highest BCUT2D eigenvalue weighted by Gasteiger charge is 2.22. The van der Waals surface area contributed by atoms with Crippen LogP contribution in [0.4, 0.5) is 11.5 Å². The summed E-state index contributed by atoms with van der Waals surface area (Å²) in [7, 11) is 1.53. The Balaban J connectivity index is 2.32. The van der Waals surface area contributed by atoms with E-state index in [4.69, 9.17) is 15.2 Å². The topological polar surface area (TPSA) is 113 Å². The van der Waals surface area contributed by atoms with E-state index in [0.29, 0.717) is 11.5 Å². The third-order valence-corrected chi connectivity index (χ3v) is 2.27. The van der Waals surface area contributed by atoms with Crippen LogP contribution in [-0.2, 0) is 0 Å². The van der Waals surface area contributed by atoms with Crippen LogP contribution >= 0.6 is 0 Å². The summed E-state index contributed by atoms with van der Waals surface area (Å²) in [6, 6.07) is 6.51. The lowest BCUT2D eigenvalue weighted by Gasteiger charge is -2.06. The summed E-state index contributed by atoms with van der Waals surface area (Å²) in [4.78, 5) is 17.5. The molecule has 0 aliphatic heterocycles. The van der Waals surface area contributed by atoms with Crippen molar-refractivity contribution in [3.63, 3.8) is 0 Å². The van der Waals surface area contributed by atoms with E-state index in [1.54, 1.807) is 24.3 Å². The number of methoxy groups -OCH3 is 1. The van der Waals surface area contributed by atoms with E-state index in [1.807, 2.05) is 0 Å². The molecule has 2 rings (SSSR count). The molecule has 0 unspecified atom stereocenters. The largest absolute Gasteiger partial charge is 0.497 e. The molecule has 98 valence electrons. The van der Waals surface area contributed by atoms with E-state index < -0.39 is 10.6 Å². The number of nitrogen functional groups attached to an aromatic ring is 1. The number of nitro groups is 1. The van der Waals surface area contributed by atoms with Gasteiger partial charge < -0.3 is 15.2 Å². The summed E-state index contributed by atoms with van der Waals surface area (Å²) in [6.45, 7) is 0. The van der Waals surface area contributed by atoms with Crippen molar-refractivity contribution in [1.29, 1.82) is 0 Å². The fourth-order valence-electron chi connectivity index (χ4n) is 1.38. The van der Waals surface area contributed by atoms with E-state index in [2.05, 4.69) is 9.97 Å². The molecule has 0 spiro atoms. The first-order chi connectivity index (χ1) is 9.11. The van der Waals surface area contributed by atoms with Crippen molar-refractivity contribution >= 4 is 11.5 Å². The molecule has 0 radical (unpaired) electrons. The Morgan fingerprint density at radius 1 is 1.21 bits per heavy atom. The highest BCUT2D eigenvalue weighted by Crippen LogP contribution is 2.32. The Hall–Kier alpha value is -2.90. The maximum absolute atomic E-state index is 10.9. The van der Waals surface area contributed by atoms with Crippen LogP contribution in [0, 0.1) is 10.1 Å². The molecular weight excluding hydrogens is 252 g/mol. The van der Waals surface area contributed by atoms with Crippen molar-refractivity contribution in [2.45, 2.75) is 0 Å². The number of rotatable bonds is 4. The van der Waals surface area contributed by atoms with Crippen molar-refractivity contribution in [2.24, 2.45) is 0 Å². The molecule has 0 amide bonds. The summed E-state index contributed by atoms with van der Waals surface area (Å²) >= 11 is 0. The average Bonchev–Trinajstić information content (AvgIpc) is 2.39.